The highest BCUT2D eigenvalue weighted by Crippen LogP contribution is 2.32. The maximum Gasteiger partial charge on any atom is 0.306 e. The molecule has 98 valence electrons. The molecule has 1 aliphatic carbocycles. The van der Waals surface area contributed by atoms with E-state index in [9.17, 15) is 9.59 Å². The number of methoxy groups -OCH3 is 1. The Labute approximate surface area is 102 Å². The molecule has 0 saturated heterocycles. The molecule has 0 aromatic heterocycles. The molecule has 0 radical (unpaired) electrons. The topological polar surface area (TPSA) is 66.8 Å². The van der Waals surface area contributed by atoms with Crippen molar-refractivity contribution in [2.75, 3.05) is 20.8 Å². The first-order valence-electron chi connectivity index (χ1n) is 5.95. The zero-order valence-electron chi connectivity index (χ0n) is 10.7. The first kappa shape index (κ1) is 14.0. The molecular formula is C12H21NO4. The Kier molecular flexibility index (Phi) is 4.93. The highest BCUT2D eigenvalue weighted by molar-refractivity contribution is 5.81. The van der Waals surface area contributed by atoms with Gasteiger partial charge in [-0.3, -0.25) is 9.59 Å². The van der Waals surface area contributed by atoms with Crippen molar-refractivity contribution >= 4 is 11.9 Å². The minimum atomic E-state index is -0.784. The van der Waals surface area contributed by atoms with Gasteiger partial charge < -0.3 is 14.7 Å². The summed E-state index contributed by atoms with van der Waals surface area (Å²) in [6.07, 6.45) is 1.76. The van der Waals surface area contributed by atoms with Gasteiger partial charge in [-0.05, 0) is 26.2 Å². The van der Waals surface area contributed by atoms with Crippen LogP contribution in [0.1, 0.15) is 26.2 Å². The highest BCUT2D eigenvalue weighted by Gasteiger charge is 2.35. The van der Waals surface area contributed by atoms with E-state index in [0.717, 1.165) is 0 Å². The van der Waals surface area contributed by atoms with Gasteiger partial charge in [0, 0.05) is 20.1 Å². The summed E-state index contributed by atoms with van der Waals surface area (Å²) in [5.74, 6) is -1.23. The van der Waals surface area contributed by atoms with Gasteiger partial charge in [-0.2, -0.15) is 0 Å². The van der Waals surface area contributed by atoms with E-state index in [4.69, 9.17) is 9.84 Å². The van der Waals surface area contributed by atoms with E-state index in [0.29, 0.717) is 25.9 Å². The maximum absolute atomic E-state index is 12.1. The average molecular weight is 243 g/mol. The Balaban J connectivity index is 2.51. The maximum atomic E-state index is 12.1. The summed E-state index contributed by atoms with van der Waals surface area (Å²) in [7, 11) is 3.35. The number of carbonyl (C=O) groups excluding carboxylic acids is 1. The van der Waals surface area contributed by atoms with Crippen LogP contribution in [0.25, 0.3) is 0 Å². The molecule has 0 aromatic carbocycles. The van der Waals surface area contributed by atoms with E-state index in [1.54, 1.807) is 19.1 Å². The van der Waals surface area contributed by atoms with Crippen molar-refractivity contribution in [1.29, 1.82) is 0 Å². The van der Waals surface area contributed by atoms with Crippen LogP contribution in [-0.2, 0) is 14.3 Å². The lowest BCUT2D eigenvalue weighted by molar-refractivity contribution is -0.141. The third-order valence-electron chi connectivity index (χ3n) is 3.55. The number of hydrogen-bond donors (Lipinski definition) is 1. The van der Waals surface area contributed by atoms with Gasteiger partial charge in [0.1, 0.15) is 0 Å². The van der Waals surface area contributed by atoms with Gasteiger partial charge in [-0.1, -0.05) is 0 Å². The zero-order valence-corrected chi connectivity index (χ0v) is 10.7. The van der Waals surface area contributed by atoms with Crippen molar-refractivity contribution in [3.8, 4) is 0 Å². The van der Waals surface area contributed by atoms with Gasteiger partial charge in [0.05, 0.1) is 18.6 Å². The summed E-state index contributed by atoms with van der Waals surface area (Å²) in [5.41, 5.74) is 0. The Bertz CT molecular complexity index is 292. The summed E-state index contributed by atoms with van der Waals surface area (Å²) in [4.78, 5) is 24.6. The molecule has 1 amide bonds. The summed E-state index contributed by atoms with van der Waals surface area (Å²) in [6.45, 7) is 2.42. The van der Waals surface area contributed by atoms with Gasteiger partial charge >= 0.3 is 5.97 Å². The number of rotatable bonds is 5. The van der Waals surface area contributed by atoms with Crippen molar-refractivity contribution < 1.29 is 19.4 Å². The van der Waals surface area contributed by atoms with Gasteiger partial charge in [0.2, 0.25) is 5.91 Å². The van der Waals surface area contributed by atoms with Crippen LogP contribution >= 0.6 is 0 Å². The lowest BCUT2D eigenvalue weighted by atomic mass is 10.0. The monoisotopic (exact) mass is 243 g/mol. The van der Waals surface area contributed by atoms with Crippen molar-refractivity contribution in [2.45, 2.75) is 32.2 Å². The molecule has 0 bridgehead atoms. The minimum absolute atomic E-state index is 0.0244. The number of ether oxygens (including phenoxy) is 1. The molecule has 1 N–H and O–H groups in total. The lowest BCUT2D eigenvalue weighted by Gasteiger charge is -2.27. The fourth-order valence-corrected chi connectivity index (χ4v) is 2.29. The minimum Gasteiger partial charge on any atom is -0.481 e. The Morgan fingerprint density at radius 1 is 1.41 bits per heavy atom. The SMILES string of the molecule is COCC(C)N(C)C(=O)C1CCC(C(=O)O)C1. The first-order valence-corrected chi connectivity index (χ1v) is 5.95. The van der Waals surface area contributed by atoms with Crippen LogP contribution in [0.5, 0.6) is 0 Å². The molecule has 3 atom stereocenters. The number of hydrogen-bond acceptors (Lipinski definition) is 3. The lowest BCUT2D eigenvalue weighted by Crippen LogP contribution is -2.40. The third-order valence-corrected chi connectivity index (χ3v) is 3.55. The summed E-state index contributed by atoms with van der Waals surface area (Å²) in [5, 5.41) is 8.90. The Morgan fingerprint density at radius 3 is 2.47 bits per heavy atom. The molecule has 17 heavy (non-hydrogen) atoms. The van der Waals surface area contributed by atoms with E-state index < -0.39 is 5.97 Å². The van der Waals surface area contributed by atoms with Crippen LogP contribution in [0, 0.1) is 11.8 Å². The number of carboxylic acids is 1. The molecule has 1 saturated carbocycles. The fourth-order valence-electron chi connectivity index (χ4n) is 2.29. The first-order chi connectivity index (χ1) is 7.97. The van der Waals surface area contributed by atoms with E-state index in [1.807, 2.05) is 6.92 Å². The van der Waals surface area contributed by atoms with Crippen LogP contribution in [-0.4, -0.2) is 48.7 Å². The Hall–Kier alpha value is -1.10. The number of aliphatic carboxylic acids is 1. The normalized spacial score (nSPS) is 25.6. The zero-order chi connectivity index (χ0) is 13.0. The van der Waals surface area contributed by atoms with Crippen molar-refractivity contribution in [3.05, 3.63) is 0 Å². The summed E-state index contributed by atoms with van der Waals surface area (Å²) in [6, 6.07) is 0.0244. The molecule has 1 aliphatic rings. The van der Waals surface area contributed by atoms with Crippen LogP contribution < -0.4 is 0 Å². The van der Waals surface area contributed by atoms with E-state index in [-0.39, 0.29) is 23.8 Å². The van der Waals surface area contributed by atoms with Crippen molar-refractivity contribution in [2.24, 2.45) is 11.8 Å². The molecule has 0 aromatic rings. The molecule has 5 nitrogen and oxygen atoms in total. The molecule has 0 heterocycles. The quantitative estimate of drug-likeness (QED) is 0.781. The molecule has 1 fully saturated rings. The molecular weight excluding hydrogens is 222 g/mol. The second-order valence-corrected chi connectivity index (χ2v) is 4.80. The summed E-state index contributed by atoms with van der Waals surface area (Å²) < 4.78 is 5.01. The largest absolute Gasteiger partial charge is 0.481 e. The number of likely N-dealkylation sites (N-methyl/N-ethyl adjacent to an activating group) is 1. The second-order valence-electron chi connectivity index (χ2n) is 4.80. The standard InChI is InChI=1S/C12H21NO4/c1-8(7-17-3)13(2)11(14)9-4-5-10(6-9)12(15)16/h8-10H,4-7H2,1-3H3,(H,15,16). The molecule has 0 aliphatic heterocycles. The molecule has 0 spiro atoms. The van der Waals surface area contributed by atoms with Gasteiger partial charge in [-0.25, -0.2) is 0 Å². The van der Waals surface area contributed by atoms with Crippen LogP contribution in [0.2, 0.25) is 0 Å². The predicted octanol–water partition coefficient (Wildman–Crippen LogP) is 0.981. The number of amides is 1. The number of carbonyl (C=O) groups is 2. The van der Waals surface area contributed by atoms with Gasteiger partial charge in [-0.15, -0.1) is 0 Å². The van der Waals surface area contributed by atoms with Crippen molar-refractivity contribution in [1.82, 2.24) is 4.90 Å². The molecule has 5 heteroatoms. The number of nitrogens with zero attached hydrogens (tertiary/aromatic N) is 1. The highest BCUT2D eigenvalue weighted by atomic mass is 16.5. The number of carboxylic acid groups (broad SMARTS) is 1. The third kappa shape index (κ3) is 3.43. The van der Waals surface area contributed by atoms with Crippen molar-refractivity contribution in [3.63, 3.8) is 0 Å². The van der Waals surface area contributed by atoms with Crippen LogP contribution in [0.4, 0.5) is 0 Å². The van der Waals surface area contributed by atoms with E-state index in [1.165, 1.54) is 0 Å². The van der Waals surface area contributed by atoms with Gasteiger partial charge in [0.15, 0.2) is 0 Å². The molecule has 3 unspecified atom stereocenters. The average Bonchev–Trinajstić information content (AvgIpc) is 2.76. The smallest absolute Gasteiger partial charge is 0.306 e. The molecule has 1 rings (SSSR count). The van der Waals surface area contributed by atoms with E-state index >= 15 is 0 Å². The van der Waals surface area contributed by atoms with Crippen LogP contribution in [0.15, 0.2) is 0 Å². The summed E-state index contributed by atoms with van der Waals surface area (Å²) >= 11 is 0. The Morgan fingerprint density at radius 2 is 2.00 bits per heavy atom. The second kappa shape index (κ2) is 6.00. The van der Waals surface area contributed by atoms with Gasteiger partial charge in [0.25, 0.3) is 0 Å². The van der Waals surface area contributed by atoms with E-state index in [2.05, 4.69) is 0 Å². The van der Waals surface area contributed by atoms with Crippen LogP contribution in [0.3, 0.4) is 0 Å². The predicted molar refractivity (Wildman–Crippen MR) is 62.6 cm³/mol. The fraction of sp³-hybridized carbons (Fsp3) is 0.833.